The highest BCUT2D eigenvalue weighted by Crippen LogP contribution is 2.32. The molecule has 0 bridgehead atoms. The summed E-state index contributed by atoms with van der Waals surface area (Å²) in [4.78, 5) is 2.05. The topological polar surface area (TPSA) is 26.0 Å². The largest absolute Gasteiger partial charge is 0.330 e. The van der Waals surface area contributed by atoms with Crippen molar-refractivity contribution in [1.29, 1.82) is 0 Å². The van der Waals surface area contributed by atoms with E-state index in [1.165, 1.54) is 6.07 Å². The molecule has 4 heteroatoms. The molecule has 0 spiro atoms. The van der Waals surface area contributed by atoms with Crippen molar-refractivity contribution >= 4 is 23.4 Å². The maximum atomic E-state index is 13.2. The van der Waals surface area contributed by atoms with Gasteiger partial charge >= 0.3 is 0 Å². The summed E-state index contributed by atoms with van der Waals surface area (Å²) >= 11 is 7.51. The zero-order chi connectivity index (χ0) is 13.0. The molecule has 0 heterocycles. The molecule has 0 fully saturated rings. The molecule has 2 aromatic rings. The normalized spacial score (nSPS) is 10.6. The van der Waals surface area contributed by atoms with Crippen molar-refractivity contribution < 1.29 is 4.39 Å². The van der Waals surface area contributed by atoms with Crippen molar-refractivity contribution in [2.45, 2.75) is 16.2 Å². The minimum Gasteiger partial charge on any atom is -0.330 e. The van der Waals surface area contributed by atoms with E-state index in [2.05, 4.69) is 0 Å². The van der Waals surface area contributed by atoms with Gasteiger partial charge in [0.2, 0.25) is 0 Å². The molecule has 0 unspecified atom stereocenters. The Bertz CT molecular complexity index is 545. The zero-order valence-corrected chi connectivity index (χ0v) is 11.3. The van der Waals surface area contributed by atoms with Crippen LogP contribution in [0.2, 0.25) is 5.02 Å². The lowest BCUT2D eigenvalue weighted by atomic mass is 10.1. The number of hydrogen-bond donors (Lipinski definition) is 1. The monoisotopic (exact) mass is 281 g/mol. The van der Waals surface area contributed by atoms with Gasteiger partial charge in [-0.05, 0) is 54.9 Å². The van der Waals surface area contributed by atoms with Crippen LogP contribution in [0.4, 0.5) is 4.39 Å². The fourth-order valence-corrected chi connectivity index (χ4v) is 2.93. The number of hydrogen-bond acceptors (Lipinski definition) is 2. The van der Waals surface area contributed by atoms with Crippen molar-refractivity contribution in [3.05, 3.63) is 58.9 Å². The molecule has 18 heavy (non-hydrogen) atoms. The van der Waals surface area contributed by atoms with Gasteiger partial charge in [-0.3, -0.25) is 0 Å². The molecule has 0 saturated carbocycles. The average Bonchev–Trinajstić information content (AvgIpc) is 2.33. The second kappa shape index (κ2) is 6.23. The molecule has 0 radical (unpaired) electrons. The highest BCUT2D eigenvalue weighted by Gasteiger charge is 2.06. The molecule has 0 saturated heterocycles. The summed E-state index contributed by atoms with van der Waals surface area (Å²) in [6.45, 7) is 0.507. The Morgan fingerprint density at radius 3 is 2.72 bits per heavy atom. The lowest BCUT2D eigenvalue weighted by Gasteiger charge is -2.08. The molecule has 2 rings (SSSR count). The van der Waals surface area contributed by atoms with E-state index in [0.717, 1.165) is 15.4 Å². The highest BCUT2D eigenvalue weighted by atomic mass is 35.5. The summed E-state index contributed by atoms with van der Waals surface area (Å²) in [6, 6.07) is 12.4. The van der Waals surface area contributed by atoms with Crippen LogP contribution in [0.5, 0.6) is 0 Å². The van der Waals surface area contributed by atoms with Gasteiger partial charge < -0.3 is 5.73 Å². The Hall–Kier alpha value is -1.03. The summed E-state index contributed by atoms with van der Waals surface area (Å²) in [5.41, 5.74) is 6.48. The summed E-state index contributed by atoms with van der Waals surface area (Å²) in [5, 5.41) is 0.697. The van der Waals surface area contributed by atoms with Gasteiger partial charge in [-0.2, -0.15) is 0 Å². The van der Waals surface area contributed by atoms with E-state index in [1.807, 2.05) is 24.3 Å². The fraction of sp³-hybridized carbons (Fsp3) is 0.143. The van der Waals surface area contributed by atoms with Crippen molar-refractivity contribution in [3.8, 4) is 0 Å². The van der Waals surface area contributed by atoms with Crippen LogP contribution in [0.25, 0.3) is 0 Å². The molecule has 94 valence electrons. The fourth-order valence-electron chi connectivity index (χ4n) is 1.66. The maximum absolute atomic E-state index is 13.2. The number of benzene rings is 2. The molecular weight excluding hydrogens is 269 g/mol. The van der Waals surface area contributed by atoms with Crippen molar-refractivity contribution in [1.82, 2.24) is 0 Å². The van der Waals surface area contributed by atoms with Crippen molar-refractivity contribution in [3.63, 3.8) is 0 Å². The minimum absolute atomic E-state index is 0.228. The third-order valence-electron chi connectivity index (χ3n) is 2.46. The van der Waals surface area contributed by atoms with E-state index >= 15 is 0 Å². The van der Waals surface area contributed by atoms with E-state index < -0.39 is 0 Å². The summed E-state index contributed by atoms with van der Waals surface area (Å²) in [5.74, 6) is -0.228. The predicted molar refractivity (Wildman–Crippen MR) is 74.7 cm³/mol. The van der Waals surface area contributed by atoms with E-state index in [1.54, 1.807) is 23.9 Å². The van der Waals surface area contributed by atoms with Crippen LogP contribution in [0.3, 0.4) is 0 Å². The van der Waals surface area contributed by atoms with Gasteiger partial charge in [0.05, 0.1) is 0 Å². The van der Waals surface area contributed by atoms with Gasteiger partial charge in [0.25, 0.3) is 0 Å². The smallest absolute Gasteiger partial charge is 0.123 e. The lowest BCUT2D eigenvalue weighted by molar-refractivity contribution is 0.623. The molecule has 0 aliphatic heterocycles. The third-order valence-corrected chi connectivity index (χ3v) is 3.80. The van der Waals surface area contributed by atoms with Gasteiger partial charge in [-0.1, -0.05) is 29.4 Å². The van der Waals surface area contributed by atoms with Crippen LogP contribution >= 0.6 is 23.4 Å². The predicted octanol–water partition coefficient (Wildman–Crippen LogP) is 4.13. The van der Waals surface area contributed by atoms with Gasteiger partial charge in [-0.15, -0.1) is 0 Å². The molecule has 0 amide bonds. The van der Waals surface area contributed by atoms with Crippen LogP contribution in [0.1, 0.15) is 5.56 Å². The van der Waals surface area contributed by atoms with Crippen LogP contribution in [0.15, 0.2) is 52.3 Å². The Kier molecular flexibility index (Phi) is 4.64. The zero-order valence-electron chi connectivity index (χ0n) is 9.70. The van der Waals surface area contributed by atoms with Crippen molar-refractivity contribution in [2.24, 2.45) is 5.73 Å². The summed E-state index contributed by atoms with van der Waals surface area (Å²) < 4.78 is 13.2. The Labute approximate surface area is 115 Å². The lowest BCUT2D eigenvalue weighted by Crippen LogP contribution is -2.04. The molecular formula is C14H13ClFNS. The average molecular weight is 282 g/mol. The first kappa shape index (κ1) is 13.4. The Balaban J connectivity index is 2.28. The van der Waals surface area contributed by atoms with Crippen molar-refractivity contribution in [2.75, 3.05) is 6.54 Å². The number of halogens is 2. The van der Waals surface area contributed by atoms with E-state index in [4.69, 9.17) is 17.3 Å². The molecule has 1 nitrogen and oxygen atoms in total. The SMILES string of the molecule is NCCc1cc(F)ccc1Sc1cccc(Cl)c1. The summed E-state index contributed by atoms with van der Waals surface area (Å²) in [7, 11) is 0. The Morgan fingerprint density at radius 2 is 2.00 bits per heavy atom. The molecule has 2 aromatic carbocycles. The first-order chi connectivity index (χ1) is 8.69. The minimum atomic E-state index is -0.228. The van der Waals surface area contributed by atoms with Gasteiger partial charge in [0.1, 0.15) is 5.82 Å². The first-order valence-electron chi connectivity index (χ1n) is 5.61. The molecule has 2 N–H and O–H groups in total. The van der Waals surface area contributed by atoms with E-state index in [9.17, 15) is 4.39 Å². The van der Waals surface area contributed by atoms with Crippen LogP contribution < -0.4 is 5.73 Å². The van der Waals surface area contributed by atoms with E-state index in [0.29, 0.717) is 18.0 Å². The quantitative estimate of drug-likeness (QED) is 0.912. The second-order valence-corrected chi connectivity index (χ2v) is 5.40. The first-order valence-corrected chi connectivity index (χ1v) is 6.80. The maximum Gasteiger partial charge on any atom is 0.123 e. The molecule has 0 aliphatic rings. The van der Waals surface area contributed by atoms with Crippen LogP contribution in [0, 0.1) is 5.82 Å². The van der Waals surface area contributed by atoms with Crippen LogP contribution in [-0.4, -0.2) is 6.54 Å². The Morgan fingerprint density at radius 1 is 1.17 bits per heavy atom. The highest BCUT2D eigenvalue weighted by molar-refractivity contribution is 7.99. The number of rotatable bonds is 4. The van der Waals surface area contributed by atoms with E-state index in [-0.39, 0.29) is 5.82 Å². The second-order valence-electron chi connectivity index (χ2n) is 3.85. The summed E-state index contributed by atoms with van der Waals surface area (Å²) in [6.07, 6.45) is 0.667. The van der Waals surface area contributed by atoms with Crippen LogP contribution in [-0.2, 0) is 6.42 Å². The third kappa shape index (κ3) is 3.48. The molecule has 0 atom stereocenters. The molecule has 0 aliphatic carbocycles. The molecule has 0 aromatic heterocycles. The standard InChI is InChI=1S/C14H13ClFNS/c15-11-2-1-3-13(9-11)18-14-5-4-12(16)8-10(14)6-7-17/h1-5,8-9H,6-7,17H2. The van der Waals surface area contributed by atoms with Gasteiger partial charge in [0.15, 0.2) is 0 Å². The number of nitrogens with two attached hydrogens (primary N) is 1. The van der Waals surface area contributed by atoms with Gasteiger partial charge in [0, 0.05) is 14.8 Å². The van der Waals surface area contributed by atoms with Gasteiger partial charge in [-0.25, -0.2) is 4.39 Å².